The second kappa shape index (κ2) is 3.38. The van der Waals surface area contributed by atoms with Crippen LogP contribution in [0, 0.1) is 0 Å². The molecule has 0 saturated carbocycles. The van der Waals surface area contributed by atoms with Gasteiger partial charge in [-0.05, 0) is 32.2 Å². The fourth-order valence-electron chi connectivity index (χ4n) is 0.864. The topological polar surface area (TPSA) is 46.5 Å². The van der Waals surface area contributed by atoms with Gasteiger partial charge in [-0.3, -0.25) is 0 Å². The summed E-state index contributed by atoms with van der Waals surface area (Å²) < 4.78 is 5.46. The maximum Gasteiger partial charge on any atom is 0.349 e. The lowest BCUT2D eigenvalue weighted by atomic mass is 10.2. The Balaban J connectivity index is 2.89. The van der Waals surface area contributed by atoms with E-state index in [1.165, 1.54) is 11.3 Å². The van der Waals surface area contributed by atoms with Crippen LogP contribution in [0.25, 0.3) is 0 Å². The van der Waals surface area contributed by atoms with Crippen LogP contribution in [-0.4, -0.2) is 16.7 Å². The lowest BCUT2D eigenvalue weighted by molar-refractivity contribution is 0.0688. The maximum absolute atomic E-state index is 10.7. The minimum atomic E-state index is -0.936. The monoisotopic (exact) mass is 200 g/mol. The van der Waals surface area contributed by atoms with Gasteiger partial charge in [0.15, 0.2) is 4.88 Å². The Bertz CT molecular complexity index is 309. The molecule has 1 aromatic rings. The molecule has 0 amide bonds. The van der Waals surface area contributed by atoms with Gasteiger partial charge in [0.1, 0.15) is 11.4 Å². The molecule has 0 aliphatic carbocycles. The molecule has 3 nitrogen and oxygen atoms in total. The van der Waals surface area contributed by atoms with Gasteiger partial charge in [0.2, 0.25) is 0 Å². The van der Waals surface area contributed by atoms with E-state index in [0.717, 1.165) is 0 Å². The summed E-state index contributed by atoms with van der Waals surface area (Å²) in [4.78, 5) is 11.0. The zero-order valence-electron chi connectivity index (χ0n) is 7.83. The molecule has 0 aliphatic heterocycles. The van der Waals surface area contributed by atoms with Crippen molar-refractivity contribution in [2.24, 2.45) is 0 Å². The van der Waals surface area contributed by atoms with Crippen molar-refractivity contribution in [3.05, 3.63) is 16.3 Å². The van der Waals surface area contributed by atoms with Crippen LogP contribution in [0.2, 0.25) is 0 Å². The molecule has 13 heavy (non-hydrogen) atoms. The zero-order valence-corrected chi connectivity index (χ0v) is 8.64. The van der Waals surface area contributed by atoms with E-state index in [-0.39, 0.29) is 10.5 Å². The molecule has 1 heterocycles. The predicted octanol–water partition coefficient (Wildman–Crippen LogP) is 2.62. The van der Waals surface area contributed by atoms with E-state index in [0.29, 0.717) is 5.75 Å². The van der Waals surface area contributed by atoms with Gasteiger partial charge in [0, 0.05) is 0 Å². The Morgan fingerprint density at radius 1 is 1.54 bits per heavy atom. The summed E-state index contributed by atoms with van der Waals surface area (Å²) >= 11 is 1.17. The van der Waals surface area contributed by atoms with Gasteiger partial charge in [0.25, 0.3) is 0 Å². The molecule has 0 aromatic carbocycles. The third-order valence-corrected chi connectivity index (χ3v) is 2.12. The minimum Gasteiger partial charge on any atom is -0.486 e. The molecule has 1 rings (SSSR count). The number of carboxylic acids is 1. The Morgan fingerprint density at radius 2 is 2.15 bits per heavy atom. The number of ether oxygens (including phenoxy) is 1. The molecule has 1 N–H and O–H groups in total. The summed E-state index contributed by atoms with van der Waals surface area (Å²) in [6.07, 6.45) is 0. The van der Waals surface area contributed by atoms with Gasteiger partial charge in [-0.25, -0.2) is 4.79 Å². The standard InChI is InChI=1S/C9H12O3S/c1-9(2,3)12-6-4-5-13-7(6)8(10)11/h4-5H,1-3H3,(H,10,11). The highest BCUT2D eigenvalue weighted by Gasteiger charge is 2.18. The van der Waals surface area contributed by atoms with E-state index < -0.39 is 5.97 Å². The number of carboxylic acid groups (broad SMARTS) is 1. The van der Waals surface area contributed by atoms with Crippen molar-refractivity contribution in [2.75, 3.05) is 0 Å². The largest absolute Gasteiger partial charge is 0.486 e. The van der Waals surface area contributed by atoms with Crippen LogP contribution < -0.4 is 4.74 Å². The van der Waals surface area contributed by atoms with E-state index in [2.05, 4.69) is 0 Å². The molecule has 0 unspecified atom stereocenters. The van der Waals surface area contributed by atoms with E-state index in [4.69, 9.17) is 9.84 Å². The third-order valence-electron chi connectivity index (χ3n) is 1.24. The van der Waals surface area contributed by atoms with E-state index in [1.54, 1.807) is 11.4 Å². The van der Waals surface area contributed by atoms with Crippen LogP contribution in [0.15, 0.2) is 11.4 Å². The summed E-state index contributed by atoms with van der Waals surface area (Å²) in [7, 11) is 0. The molecule has 72 valence electrons. The quantitative estimate of drug-likeness (QED) is 0.798. The Morgan fingerprint density at radius 3 is 2.62 bits per heavy atom. The lowest BCUT2D eigenvalue weighted by Gasteiger charge is -2.20. The lowest BCUT2D eigenvalue weighted by Crippen LogP contribution is -2.23. The van der Waals surface area contributed by atoms with E-state index >= 15 is 0 Å². The average molecular weight is 200 g/mol. The van der Waals surface area contributed by atoms with Crippen molar-refractivity contribution in [3.63, 3.8) is 0 Å². The van der Waals surface area contributed by atoms with Crippen LogP contribution in [0.4, 0.5) is 0 Å². The van der Waals surface area contributed by atoms with Crippen molar-refractivity contribution in [1.82, 2.24) is 0 Å². The van der Waals surface area contributed by atoms with Gasteiger partial charge in [0.05, 0.1) is 0 Å². The summed E-state index contributed by atoms with van der Waals surface area (Å²) in [5.41, 5.74) is -0.356. The normalized spacial score (nSPS) is 11.3. The number of hydrogen-bond donors (Lipinski definition) is 1. The van der Waals surface area contributed by atoms with Crippen molar-refractivity contribution in [1.29, 1.82) is 0 Å². The van der Waals surface area contributed by atoms with Crippen LogP contribution in [-0.2, 0) is 0 Å². The Labute approximate surface area is 81.0 Å². The summed E-state index contributed by atoms with van der Waals surface area (Å²) in [5, 5.41) is 10.5. The van der Waals surface area contributed by atoms with Gasteiger partial charge in [-0.1, -0.05) is 0 Å². The number of thiophene rings is 1. The van der Waals surface area contributed by atoms with Crippen LogP contribution in [0.3, 0.4) is 0 Å². The molecule has 0 fully saturated rings. The number of carbonyl (C=O) groups is 1. The number of hydrogen-bond acceptors (Lipinski definition) is 3. The first-order valence-corrected chi connectivity index (χ1v) is 4.78. The van der Waals surface area contributed by atoms with Crippen molar-refractivity contribution in [2.45, 2.75) is 26.4 Å². The summed E-state index contributed by atoms with van der Waals surface area (Å²) in [6, 6.07) is 1.68. The fourth-order valence-corrected chi connectivity index (χ4v) is 1.52. The van der Waals surface area contributed by atoms with E-state index in [9.17, 15) is 4.79 Å². The second-order valence-corrected chi connectivity index (χ2v) is 4.55. The first kappa shape index (κ1) is 10.1. The number of rotatable bonds is 2. The molecule has 0 saturated heterocycles. The molecule has 0 atom stereocenters. The predicted molar refractivity (Wildman–Crippen MR) is 51.7 cm³/mol. The minimum absolute atomic E-state index is 0.259. The molecule has 0 bridgehead atoms. The van der Waals surface area contributed by atoms with Crippen molar-refractivity contribution < 1.29 is 14.6 Å². The number of aromatic carboxylic acids is 1. The van der Waals surface area contributed by atoms with Crippen molar-refractivity contribution >= 4 is 17.3 Å². The van der Waals surface area contributed by atoms with Gasteiger partial charge in [-0.15, -0.1) is 11.3 Å². The van der Waals surface area contributed by atoms with Crippen molar-refractivity contribution in [3.8, 4) is 5.75 Å². The van der Waals surface area contributed by atoms with Gasteiger partial charge >= 0.3 is 5.97 Å². The smallest absolute Gasteiger partial charge is 0.349 e. The first-order valence-electron chi connectivity index (χ1n) is 3.90. The zero-order chi connectivity index (χ0) is 10.1. The molecule has 4 heteroatoms. The van der Waals surface area contributed by atoms with Crippen LogP contribution in [0.5, 0.6) is 5.75 Å². The SMILES string of the molecule is CC(C)(C)Oc1ccsc1C(=O)O. The van der Waals surface area contributed by atoms with E-state index in [1.807, 2.05) is 20.8 Å². The highest BCUT2D eigenvalue weighted by molar-refractivity contribution is 7.12. The summed E-state index contributed by atoms with van der Waals surface area (Å²) in [6.45, 7) is 5.66. The van der Waals surface area contributed by atoms with Gasteiger partial charge < -0.3 is 9.84 Å². The fraction of sp³-hybridized carbons (Fsp3) is 0.444. The molecule has 0 aliphatic rings. The third kappa shape index (κ3) is 2.73. The highest BCUT2D eigenvalue weighted by Crippen LogP contribution is 2.27. The molecule has 1 aromatic heterocycles. The maximum atomic E-state index is 10.7. The molecule has 0 spiro atoms. The molecular formula is C9H12O3S. The first-order chi connectivity index (χ1) is 5.90. The van der Waals surface area contributed by atoms with Crippen LogP contribution in [0.1, 0.15) is 30.4 Å². The molecular weight excluding hydrogens is 188 g/mol. The van der Waals surface area contributed by atoms with Crippen LogP contribution >= 0.6 is 11.3 Å². The second-order valence-electron chi connectivity index (χ2n) is 3.63. The van der Waals surface area contributed by atoms with Gasteiger partial charge in [-0.2, -0.15) is 0 Å². The highest BCUT2D eigenvalue weighted by atomic mass is 32.1. The molecule has 0 radical (unpaired) electrons. The Hall–Kier alpha value is -1.03. The average Bonchev–Trinajstić information content (AvgIpc) is 2.31. The summed E-state index contributed by atoms with van der Waals surface area (Å²) in [5.74, 6) is -0.487. The Kier molecular flexibility index (Phi) is 2.61.